The van der Waals surface area contributed by atoms with Crippen molar-refractivity contribution in [3.63, 3.8) is 0 Å². The minimum absolute atomic E-state index is 0.108. The van der Waals surface area contributed by atoms with Gasteiger partial charge in [0.15, 0.2) is 0 Å². The average molecular weight is 466 g/mol. The van der Waals surface area contributed by atoms with Crippen LogP contribution in [0.5, 0.6) is 6.01 Å². The van der Waals surface area contributed by atoms with E-state index in [2.05, 4.69) is 30.7 Å². The summed E-state index contributed by atoms with van der Waals surface area (Å²) in [5.74, 6) is 0.561. The monoisotopic (exact) mass is 465 g/mol. The first-order valence-corrected chi connectivity index (χ1v) is 12.1. The molecular formula is C23H24FN7OS. The zero-order valence-corrected chi connectivity index (χ0v) is 19.0. The maximum absolute atomic E-state index is 14.0. The number of halogens is 1. The lowest BCUT2D eigenvalue weighted by atomic mass is 9.74. The second kappa shape index (κ2) is 7.28. The Kier molecular flexibility index (Phi) is 4.55. The molecule has 10 heteroatoms. The number of anilines is 2. The van der Waals surface area contributed by atoms with Gasteiger partial charge < -0.3 is 15.4 Å². The standard InChI is InChI=1S/C23H24FN7OS/c1-27-16-9-28-21(32-13-23-4-2-6-31(23)10-14(24)7-23)29-20(16)30-11-22(12-30)5-3-17-18(22)15(8-25)19(26)33-17/h9,14H,2-7,10-13,26H2/t14-,23+/m1/s1. The second-order valence-electron chi connectivity index (χ2n) is 9.72. The first-order valence-electron chi connectivity index (χ1n) is 11.3. The van der Waals surface area contributed by atoms with Crippen molar-refractivity contribution in [1.29, 1.82) is 5.26 Å². The second-order valence-corrected chi connectivity index (χ2v) is 10.9. The van der Waals surface area contributed by atoms with E-state index in [9.17, 15) is 9.65 Å². The molecule has 2 aromatic rings. The molecule has 1 aliphatic carbocycles. The third kappa shape index (κ3) is 3.01. The SMILES string of the molecule is [C-]#[N+]c1cnc(OC[C@@]23CCCN2C[C@H](F)C3)nc1N1CC2(CCc3sc(N)c(C#N)c32)C1. The molecule has 0 amide bonds. The van der Waals surface area contributed by atoms with Crippen LogP contribution < -0.4 is 15.4 Å². The van der Waals surface area contributed by atoms with Crippen molar-refractivity contribution >= 4 is 27.8 Å². The van der Waals surface area contributed by atoms with Crippen molar-refractivity contribution in [2.75, 3.05) is 43.4 Å². The number of alkyl halides is 1. The number of aryl methyl sites for hydroxylation is 1. The molecule has 6 rings (SSSR count). The average Bonchev–Trinajstić information content (AvgIpc) is 3.49. The number of hydrogen-bond donors (Lipinski definition) is 1. The van der Waals surface area contributed by atoms with E-state index in [0.717, 1.165) is 37.8 Å². The van der Waals surface area contributed by atoms with E-state index >= 15 is 0 Å². The van der Waals surface area contributed by atoms with Crippen molar-refractivity contribution in [1.82, 2.24) is 14.9 Å². The Labute approximate surface area is 195 Å². The zero-order valence-electron chi connectivity index (χ0n) is 18.2. The summed E-state index contributed by atoms with van der Waals surface area (Å²) in [5, 5.41) is 10.2. The van der Waals surface area contributed by atoms with E-state index in [1.165, 1.54) is 22.4 Å². The smallest absolute Gasteiger partial charge is 0.315 e. The van der Waals surface area contributed by atoms with Gasteiger partial charge in [0.25, 0.3) is 0 Å². The molecule has 0 radical (unpaired) electrons. The summed E-state index contributed by atoms with van der Waals surface area (Å²) in [7, 11) is 0. The molecule has 4 aliphatic rings. The number of fused-ring (bicyclic) bond motifs is 3. The van der Waals surface area contributed by atoms with Gasteiger partial charge in [-0.05, 0) is 37.8 Å². The van der Waals surface area contributed by atoms with E-state index in [0.29, 0.717) is 54.7 Å². The van der Waals surface area contributed by atoms with E-state index in [1.54, 1.807) is 0 Å². The Morgan fingerprint density at radius 3 is 3.06 bits per heavy atom. The number of nitriles is 1. The number of nitrogens with two attached hydrogens (primary N) is 1. The zero-order chi connectivity index (χ0) is 22.8. The van der Waals surface area contributed by atoms with Gasteiger partial charge in [-0.3, -0.25) is 4.90 Å². The lowest BCUT2D eigenvalue weighted by Gasteiger charge is -2.49. The maximum Gasteiger partial charge on any atom is 0.315 e. The van der Waals surface area contributed by atoms with Crippen LogP contribution in [-0.2, 0) is 11.8 Å². The van der Waals surface area contributed by atoms with Crippen LogP contribution in [0.25, 0.3) is 4.85 Å². The topological polar surface area (TPSA) is 95.7 Å². The molecule has 2 N–H and O–H groups in total. The molecule has 3 aliphatic heterocycles. The largest absolute Gasteiger partial charge is 0.462 e. The van der Waals surface area contributed by atoms with Crippen molar-refractivity contribution in [2.24, 2.45) is 0 Å². The fraction of sp³-hybridized carbons (Fsp3) is 0.565. The van der Waals surface area contributed by atoms with Gasteiger partial charge in [0.05, 0.1) is 17.7 Å². The van der Waals surface area contributed by atoms with Crippen molar-refractivity contribution in [3.8, 4) is 12.1 Å². The molecule has 33 heavy (non-hydrogen) atoms. The predicted octanol–water partition coefficient (Wildman–Crippen LogP) is 3.20. The fourth-order valence-corrected chi connectivity index (χ4v) is 7.49. The molecule has 2 atom stereocenters. The molecular weight excluding hydrogens is 441 g/mol. The Hall–Kier alpha value is -2.95. The highest BCUT2D eigenvalue weighted by atomic mass is 32.1. The summed E-state index contributed by atoms with van der Waals surface area (Å²) >= 11 is 1.52. The molecule has 3 saturated heterocycles. The van der Waals surface area contributed by atoms with Gasteiger partial charge in [0, 0.05) is 42.5 Å². The summed E-state index contributed by atoms with van der Waals surface area (Å²) < 4.78 is 20.0. The molecule has 8 nitrogen and oxygen atoms in total. The number of thiophene rings is 1. The van der Waals surface area contributed by atoms with Gasteiger partial charge in [-0.25, -0.2) is 14.2 Å². The number of hydrogen-bond acceptors (Lipinski definition) is 8. The molecule has 3 fully saturated rings. The first kappa shape index (κ1) is 20.6. The molecule has 0 aromatic carbocycles. The van der Waals surface area contributed by atoms with Gasteiger partial charge in [-0.1, -0.05) is 0 Å². The molecule has 0 bridgehead atoms. The van der Waals surface area contributed by atoms with E-state index < -0.39 is 6.17 Å². The summed E-state index contributed by atoms with van der Waals surface area (Å²) in [5.41, 5.74) is 7.80. The van der Waals surface area contributed by atoms with E-state index in [4.69, 9.17) is 17.0 Å². The number of nitrogens with zero attached hydrogens (tertiary/aromatic N) is 6. The van der Waals surface area contributed by atoms with E-state index in [1.807, 2.05) is 0 Å². The molecule has 0 unspecified atom stereocenters. The van der Waals surface area contributed by atoms with Crippen LogP contribution in [0.1, 0.15) is 41.7 Å². The predicted molar refractivity (Wildman–Crippen MR) is 122 cm³/mol. The lowest BCUT2D eigenvalue weighted by Crippen LogP contribution is -2.59. The van der Waals surface area contributed by atoms with Crippen LogP contribution in [0.2, 0.25) is 0 Å². The molecule has 170 valence electrons. The molecule has 1 spiro atoms. The first-order chi connectivity index (χ1) is 16.0. The van der Waals surface area contributed by atoms with Crippen molar-refractivity contribution in [2.45, 2.75) is 49.2 Å². The number of nitrogen functional groups attached to an aromatic ring is 1. The van der Waals surface area contributed by atoms with Gasteiger partial charge in [-0.2, -0.15) is 10.2 Å². The van der Waals surface area contributed by atoms with E-state index in [-0.39, 0.29) is 17.0 Å². The lowest BCUT2D eigenvalue weighted by molar-refractivity contribution is 0.107. The summed E-state index contributed by atoms with van der Waals surface area (Å²) in [4.78, 5) is 17.9. The van der Waals surface area contributed by atoms with Gasteiger partial charge in [0.1, 0.15) is 29.7 Å². The number of ether oxygens (including phenoxy) is 1. The summed E-state index contributed by atoms with van der Waals surface area (Å²) in [6, 6.07) is 2.52. The normalized spacial score (nSPS) is 27.1. The Morgan fingerprint density at radius 2 is 2.27 bits per heavy atom. The van der Waals surface area contributed by atoms with Crippen LogP contribution in [-0.4, -0.2) is 59.4 Å². The minimum Gasteiger partial charge on any atom is -0.462 e. The third-order valence-corrected chi connectivity index (χ3v) is 8.93. The Bertz CT molecular complexity index is 1210. The van der Waals surface area contributed by atoms with Crippen LogP contribution in [0.3, 0.4) is 0 Å². The van der Waals surface area contributed by atoms with Crippen LogP contribution in [0, 0.1) is 17.9 Å². The van der Waals surface area contributed by atoms with Crippen LogP contribution in [0.15, 0.2) is 6.20 Å². The Morgan fingerprint density at radius 1 is 1.42 bits per heavy atom. The van der Waals surface area contributed by atoms with Crippen molar-refractivity contribution < 1.29 is 9.13 Å². The third-order valence-electron chi connectivity index (χ3n) is 7.85. The summed E-state index contributed by atoms with van der Waals surface area (Å²) in [6.45, 7) is 10.7. The fourth-order valence-electron chi connectivity index (χ4n) is 6.35. The molecule has 0 saturated carbocycles. The van der Waals surface area contributed by atoms with Gasteiger partial charge in [-0.15, -0.1) is 11.3 Å². The highest BCUT2D eigenvalue weighted by Gasteiger charge is 2.52. The Balaban J connectivity index is 1.22. The van der Waals surface area contributed by atoms with Gasteiger partial charge >= 0.3 is 6.01 Å². The minimum atomic E-state index is -0.812. The number of rotatable bonds is 4. The van der Waals surface area contributed by atoms with Gasteiger partial charge in [0.2, 0.25) is 5.69 Å². The molecule has 2 aromatic heterocycles. The summed E-state index contributed by atoms with van der Waals surface area (Å²) in [6.07, 6.45) is 5.06. The van der Waals surface area contributed by atoms with Crippen molar-refractivity contribution in [3.05, 3.63) is 33.6 Å². The highest BCUT2D eigenvalue weighted by molar-refractivity contribution is 7.16. The number of aromatic nitrogens is 2. The van der Waals surface area contributed by atoms with Crippen LogP contribution >= 0.6 is 11.3 Å². The van der Waals surface area contributed by atoms with Crippen LogP contribution in [0.4, 0.5) is 20.9 Å². The highest BCUT2D eigenvalue weighted by Crippen LogP contribution is 2.53. The molecule has 5 heterocycles. The maximum atomic E-state index is 14.0. The quantitative estimate of drug-likeness (QED) is 0.693.